The minimum atomic E-state index is 0.958. The Morgan fingerprint density at radius 1 is 1.50 bits per heavy atom. The van der Waals surface area contributed by atoms with E-state index in [2.05, 4.69) is 13.8 Å². The normalized spacial score (nSPS) is 9.25. The Morgan fingerprint density at radius 2 is 1.50 bits per heavy atom. The molecule has 0 aliphatic rings. The van der Waals surface area contributed by atoms with Crippen LogP contribution in [0.2, 0.25) is 4.51 Å². The van der Waals surface area contributed by atoms with Gasteiger partial charge in [-0.25, -0.2) is 0 Å². The first-order chi connectivity index (χ1) is 1.73. The maximum atomic E-state index is 2.22. The molecule has 0 aromatic carbocycles. The fourth-order valence-electron chi connectivity index (χ4n) is 0. The van der Waals surface area contributed by atoms with Gasteiger partial charge >= 0.3 is 36.7 Å². The molecule has 4 heavy (non-hydrogen) atoms. The second-order valence-corrected chi connectivity index (χ2v) is 4.82. The predicted octanol–water partition coefficient (Wildman–Crippen LogP) is 1.36. The number of rotatable bonds is 0. The van der Waals surface area contributed by atoms with Gasteiger partial charge in [-0.2, -0.15) is 0 Å². The van der Waals surface area contributed by atoms with E-state index in [4.69, 9.17) is 0 Å². The molecule has 0 N–H and O–H groups in total. The maximum absolute atomic E-state index is 2.22. The van der Waals surface area contributed by atoms with Crippen molar-refractivity contribution in [1.29, 1.82) is 0 Å². The Kier molecular flexibility index (Phi) is 2.20. The van der Waals surface area contributed by atoms with Gasteiger partial charge in [-0.15, -0.1) is 0 Å². The van der Waals surface area contributed by atoms with E-state index in [1.165, 1.54) is 18.3 Å². The first-order valence-electron chi connectivity index (χ1n) is 1.56. The molecular weight excluding hydrogens is 101 g/mol. The van der Waals surface area contributed by atoms with Crippen LogP contribution in [0, 0.1) is 0 Å². The zero-order chi connectivity index (χ0) is 3.58. The van der Waals surface area contributed by atoms with Crippen molar-refractivity contribution >= 4 is 0 Å². The molecular formula is C3H7Zn+8. The molecule has 0 saturated carbocycles. The molecule has 0 rings (SSSR count). The fraction of sp³-hybridized carbons (Fsp3) is 1.00. The number of hydrogen-bond acceptors (Lipinski definition) is 0. The van der Waals surface area contributed by atoms with Crippen molar-refractivity contribution < 1.29 is 18.3 Å². The topological polar surface area (TPSA) is 0 Å². The van der Waals surface area contributed by atoms with Gasteiger partial charge in [0.05, 0.1) is 0 Å². The minimum absolute atomic E-state index is 0.958. The summed E-state index contributed by atoms with van der Waals surface area (Å²) < 4.78 is 0.958. The van der Waals surface area contributed by atoms with Crippen molar-refractivity contribution in [3.8, 4) is 0 Å². The molecule has 0 aromatic rings. The Hall–Kier alpha value is 0.623. The van der Waals surface area contributed by atoms with E-state index in [0.717, 1.165) is 4.51 Å². The molecule has 0 radical (unpaired) electrons. The van der Waals surface area contributed by atoms with Crippen LogP contribution in [0.25, 0.3) is 0 Å². The van der Waals surface area contributed by atoms with Crippen LogP contribution in [-0.4, -0.2) is 0 Å². The molecule has 0 fully saturated rings. The average molecular weight is 108 g/mol. The Balaban J connectivity index is 2.32. The molecule has 0 heterocycles. The van der Waals surface area contributed by atoms with E-state index in [1.54, 1.807) is 0 Å². The van der Waals surface area contributed by atoms with Gasteiger partial charge in [0.25, 0.3) is 0 Å². The summed E-state index contributed by atoms with van der Waals surface area (Å²) in [4.78, 5) is 0. The van der Waals surface area contributed by atoms with Crippen LogP contribution in [0.3, 0.4) is 0 Å². The molecule has 0 unspecified atom stereocenters. The van der Waals surface area contributed by atoms with Crippen LogP contribution in [0.1, 0.15) is 13.8 Å². The predicted molar refractivity (Wildman–Crippen MR) is 15.1 cm³/mol. The monoisotopic (exact) mass is 107 g/mol. The van der Waals surface area contributed by atoms with Crippen LogP contribution in [0.5, 0.6) is 0 Å². The summed E-state index contributed by atoms with van der Waals surface area (Å²) in [5.74, 6) is 0. The molecule has 0 aromatic heterocycles. The second kappa shape index (κ2) is 1.90. The Morgan fingerprint density at radius 3 is 1.50 bits per heavy atom. The van der Waals surface area contributed by atoms with E-state index in [-0.39, 0.29) is 0 Å². The third kappa shape index (κ3) is 17.8. The molecule has 0 saturated heterocycles. The molecule has 1 heteroatoms. The SMILES string of the molecule is C[CH](C)[Zn+8]. The van der Waals surface area contributed by atoms with Crippen molar-refractivity contribution in [2.24, 2.45) is 0 Å². The summed E-state index contributed by atoms with van der Waals surface area (Å²) in [5.41, 5.74) is 0. The van der Waals surface area contributed by atoms with E-state index in [9.17, 15) is 0 Å². The van der Waals surface area contributed by atoms with Gasteiger partial charge in [-0.3, -0.25) is 0 Å². The van der Waals surface area contributed by atoms with Crippen molar-refractivity contribution in [2.45, 2.75) is 18.4 Å². The van der Waals surface area contributed by atoms with Gasteiger partial charge in [0.1, 0.15) is 0 Å². The Labute approximate surface area is 37.3 Å². The Bertz CT molecular complexity index is 8.00. The standard InChI is InChI=1S/C3H7.Zn/c1-3-2;/h3H,1-2H3;/q;+8. The van der Waals surface area contributed by atoms with Gasteiger partial charge in [0.15, 0.2) is 0 Å². The molecule has 0 aliphatic heterocycles. The van der Waals surface area contributed by atoms with Crippen molar-refractivity contribution in [3.63, 3.8) is 0 Å². The average Bonchev–Trinajstić information content (AvgIpc) is 0.811. The summed E-state index contributed by atoms with van der Waals surface area (Å²) in [7, 11) is 0. The van der Waals surface area contributed by atoms with Crippen LogP contribution >= 0.6 is 0 Å². The van der Waals surface area contributed by atoms with Crippen LogP contribution < -0.4 is 0 Å². The summed E-state index contributed by atoms with van der Waals surface area (Å²) in [6.45, 7) is 4.44. The molecule has 0 amide bonds. The summed E-state index contributed by atoms with van der Waals surface area (Å²) in [6.07, 6.45) is 0. The molecule has 0 spiro atoms. The molecule has 0 nitrogen and oxygen atoms in total. The first kappa shape index (κ1) is 4.62. The van der Waals surface area contributed by atoms with Crippen LogP contribution in [-0.2, 0) is 18.3 Å². The van der Waals surface area contributed by atoms with Crippen LogP contribution in [0.4, 0.5) is 0 Å². The quantitative estimate of drug-likeness (QED) is 0.411. The first-order valence-corrected chi connectivity index (χ1v) is 3.28. The van der Waals surface area contributed by atoms with Gasteiger partial charge in [-0.1, -0.05) is 0 Å². The molecule has 0 aliphatic carbocycles. The summed E-state index contributed by atoms with van der Waals surface area (Å²) in [5, 5.41) is 0. The van der Waals surface area contributed by atoms with Gasteiger partial charge < -0.3 is 0 Å². The van der Waals surface area contributed by atoms with E-state index in [0.29, 0.717) is 0 Å². The van der Waals surface area contributed by atoms with Crippen LogP contribution in [0.15, 0.2) is 0 Å². The van der Waals surface area contributed by atoms with Crippen molar-refractivity contribution in [2.75, 3.05) is 0 Å². The van der Waals surface area contributed by atoms with Gasteiger partial charge in [0, 0.05) is 0 Å². The van der Waals surface area contributed by atoms with Gasteiger partial charge in [0.2, 0.25) is 0 Å². The molecule has 0 atom stereocenters. The van der Waals surface area contributed by atoms with E-state index in [1.807, 2.05) is 0 Å². The summed E-state index contributed by atoms with van der Waals surface area (Å²) >= 11 is 1.43. The van der Waals surface area contributed by atoms with Crippen molar-refractivity contribution in [1.82, 2.24) is 0 Å². The zero-order valence-electron chi connectivity index (χ0n) is 3.28. The van der Waals surface area contributed by atoms with Gasteiger partial charge in [-0.05, 0) is 0 Å². The van der Waals surface area contributed by atoms with E-state index >= 15 is 0 Å². The molecule has 0 bridgehead atoms. The molecule has 13 valence electrons. The third-order valence-corrected chi connectivity index (χ3v) is 0. The van der Waals surface area contributed by atoms with Crippen molar-refractivity contribution in [3.05, 3.63) is 0 Å². The zero-order valence-corrected chi connectivity index (χ0v) is 6.25. The summed E-state index contributed by atoms with van der Waals surface area (Å²) in [6, 6.07) is 0. The third-order valence-electron chi connectivity index (χ3n) is 0. The second-order valence-electron chi connectivity index (χ2n) is 1.39. The number of hydrogen-bond donors (Lipinski definition) is 0. The van der Waals surface area contributed by atoms with E-state index < -0.39 is 0 Å². The fourth-order valence-corrected chi connectivity index (χ4v) is 0.